The highest BCUT2D eigenvalue weighted by atomic mass is 35.5. The molecule has 0 aliphatic heterocycles. The lowest BCUT2D eigenvalue weighted by Gasteiger charge is -2.21. The van der Waals surface area contributed by atoms with E-state index in [1.165, 1.54) is 0 Å². The van der Waals surface area contributed by atoms with Gasteiger partial charge in [0.05, 0.1) is 18.5 Å². The highest BCUT2D eigenvalue weighted by Crippen LogP contribution is 2.19. The zero-order chi connectivity index (χ0) is 16.2. The monoisotopic (exact) mass is 347 g/mol. The van der Waals surface area contributed by atoms with Crippen molar-refractivity contribution in [3.63, 3.8) is 0 Å². The molecule has 0 bridgehead atoms. The molecule has 0 saturated heterocycles. The van der Waals surface area contributed by atoms with Crippen molar-refractivity contribution in [2.75, 3.05) is 0 Å². The Kier molecular flexibility index (Phi) is 4.73. The molecule has 0 spiro atoms. The Morgan fingerprint density at radius 3 is 2.65 bits per heavy atom. The molecule has 0 unspecified atom stereocenters. The van der Waals surface area contributed by atoms with Gasteiger partial charge in [0, 0.05) is 11.6 Å². The minimum Gasteiger partial charge on any atom is -0.467 e. The van der Waals surface area contributed by atoms with Crippen molar-refractivity contribution < 1.29 is 9.21 Å². The smallest absolute Gasteiger partial charge is 0.268 e. The van der Waals surface area contributed by atoms with Crippen LogP contribution in [0.3, 0.4) is 0 Å². The van der Waals surface area contributed by atoms with E-state index in [1.807, 2.05) is 30.3 Å². The fraction of sp³-hybridized carbons (Fsp3) is 0.188. The van der Waals surface area contributed by atoms with Gasteiger partial charge >= 0.3 is 0 Å². The van der Waals surface area contributed by atoms with Crippen LogP contribution in [0.1, 0.15) is 26.7 Å². The van der Waals surface area contributed by atoms with Gasteiger partial charge in [0.15, 0.2) is 0 Å². The van der Waals surface area contributed by atoms with Crippen LogP contribution < -0.4 is 0 Å². The number of hydrogen-bond donors (Lipinski definition) is 0. The number of hydrogen-bond acceptors (Lipinski definition) is 5. The van der Waals surface area contributed by atoms with Crippen LogP contribution in [0.4, 0.5) is 0 Å². The first-order valence-electron chi connectivity index (χ1n) is 6.98. The second kappa shape index (κ2) is 6.93. The third-order valence-electron chi connectivity index (χ3n) is 3.35. The molecule has 2 heterocycles. The first-order valence-corrected chi connectivity index (χ1v) is 8.13. The fourth-order valence-corrected chi connectivity index (χ4v) is 2.92. The summed E-state index contributed by atoms with van der Waals surface area (Å²) in [5.41, 5.74) is 1.63. The molecule has 0 fully saturated rings. The predicted octanol–water partition coefficient (Wildman–Crippen LogP) is 3.94. The predicted molar refractivity (Wildman–Crippen MR) is 88.4 cm³/mol. The molecule has 1 amide bonds. The molecule has 1 aromatic carbocycles. The summed E-state index contributed by atoms with van der Waals surface area (Å²) < 4.78 is 9.22. The fourth-order valence-electron chi connectivity index (χ4n) is 2.17. The molecule has 0 atom stereocenters. The SMILES string of the molecule is Cc1nnsc1C(=O)N(Cc1ccc(Cl)cc1)Cc1ccco1. The van der Waals surface area contributed by atoms with Crippen molar-refractivity contribution in [1.29, 1.82) is 0 Å². The Bertz CT molecular complexity index is 784. The van der Waals surface area contributed by atoms with Gasteiger partial charge in [0.2, 0.25) is 0 Å². The zero-order valence-electron chi connectivity index (χ0n) is 12.4. The van der Waals surface area contributed by atoms with Crippen LogP contribution in [0.25, 0.3) is 0 Å². The Morgan fingerprint density at radius 1 is 1.26 bits per heavy atom. The third-order valence-corrected chi connectivity index (χ3v) is 4.41. The third kappa shape index (κ3) is 3.78. The van der Waals surface area contributed by atoms with E-state index in [0.717, 1.165) is 22.9 Å². The van der Waals surface area contributed by atoms with E-state index in [4.69, 9.17) is 16.0 Å². The molecule has 0 aliphatic carbocycles. The van der Waals surface area contributed by atoms with Crippen LogP contribution >= 0.6 is 23.1 Å². The first kappa shape index (κ1) is 15.7. The molecule has 0 radical (unpaired) electrons. The molecule has 2 aromatic heterocycles. The average Bonchev–Trinajstić information content (AvgIpc) is 3.19. The molecular formula is C16H14ClN3O2S. The summed E-state index contributed by atoms with van der Waals surface area (Å²) in [6.07, 6.45) is 1.60. The van der Waals surface area contributed by atoms with E-state index in [0.29, 0.717) is 28.7 Å². The maximum absolute atomic E-state index is 12.8. The Hall–Kier alpha value is -2.18. The minimum atomic E-state index is -0.108. The lowest BCUT2D eigenvalue weighted by molar-refractivity contribution is 0.0721. The molecule has 5 nitrogen and oxygen atoms in total. The van der Waals surface area contributed by atoms with Gasteiger partial charge in [-0.25, -0.2) is 0 Å². The molecule has 7 heteroatoms. The van der Waals surface area contributed by atoms with E-state index >= 15 is 0 Å². The van der Waals surface area contributed by atoms with E-state index in [9.17, 15) is 4.79 Å². The van der Waals surface area contributed by atoms with Crippen molar-refractivity contribution in [2.45, 2.75) is 20.0 Å². The van der Waals surface area contributed by atoms with Gasteiger partial charge in [-0.2, -0.15) is 0 Å². The summed E-state index contributed by atoms with van der Waals surface area (Å²) in [6.45, 7) is 2.62. The molecule has 3 aromatic rings. The normalized spacial score (nSPS) is 10.7. The molecule has 3 rings (SSSR count). The lowest BCUT2D eigenvalue weighted by Crippen LogP contribution is -2.29. The number of nitrogens with zero attached hydrogens (tertiary/aromatic N) is 3. The van der Waals surface area contributed by atoms with E-state index < -0.39 is 0 Å². The number of halogens is 1. The topological polar surface area (TPSA) is 59.2 Å². The summed E-state index contributed by atoms with van der Waals surface area (Å²) in [6, 6.07) is 11.1. The van der Waals surface area contributed by atoms with Gasteiger partial charge in [0.1, 0.15) is 10.6 Å². The summed E-state index contributed by atoms with van der Waals surface area (Å²) in [7, 11) is 0. The Balaban J connectivity index is 1.85. The standard InChI is InChI=1S/C16H14ClN3O2S/c1-11-15(23-19-18-11)16(21)20(10-14-3-2-8-22-14)9-12-4-6-13(17)7-5-12/h2-8H,9-10H2,1H3. The van der Waals surface area contributed by atoms with Gasteiger partial charge < -0.3 is 9.32 Å². The first-order chi connectivity index (χ1) is 11.1. The zero-order valence-corrected chi connectivity index (χ0v) is 14.0. The van der Waals surface area contributed by atoms with E-state index in [-0.39, 0.29) is 5.91 Å². The van der Waals surface area contributed by atoms with Crippen LogP contribution in [0.2, 0.25) is 5.02 Å². The quantitative estimate of drug-likeness (QED) is 0.701. The number of rotatable bonds is 5. The highest BCUT2D eigenvalue weighted by Gasteiger charge is 2.22. The van der Waals surface area contributed by atoms with Gasteiger partial charge in [-0.3, -0.25) is 4.79 Å². The van der Waals surface area contributed by atoms with Crippen molar-refractivity contribution >= 4 is 29.0 Å². The van der Waals surface area contributed by atoms with Gasteiger partial charge in [-0.05, 0) is 48.3 Å². The number of carbonyl (C=O) groups excluding carboxylic acids is 1. The largest absolute Gasteiger partial charge is 0.467 e. The molecule has 0 N–H and O–H groups in total. The van der Waals surface area contributed by atoms with Crippen molar-refractivity contribution in [2.24, 2.45) is 0 Å². The van der Waals surface area contributed by atoms with Gasteiger partial charge in [-0.15, -0.1) is 5.10 Å². The maximum Gasteiger partial charge on any atom is 0.268 e. The number of benzene rings is 1. The van der Waals surface area contributed by atoms with Crippen LogP contribution in [0, 0.1) is 6.92 Å². The second-order valence-electron chi connectivity index (χ2n) is 5.05. The number of carbonyl (C=O) groups is 1. The molecule has 0 saturated carbocycles. The lowest BCUT2D eigenvalue weighted by atomic mass is 10.2. The van der Waals surface area contributed by atoms with Gasteiger partial charge in [0.25, 0.3) is 5.91 Å². The van der Waals surface area contributed by atoms with E-state index in [2.05, 4.69) is 9.59 Å². The second-order valence-corrected chi connectivity index (χ2v) is 6.25. The molecular weight excluding hydrogens is 334 g/mol. The van der Waals surface area contributed by atoms with Crippen LogP contribution in [0.5, 0.6) is 0 Å². The van der Waals surface area contributed by atoms with Crippen molar-refractivity contribution in [1.82, 2.24) is 14.5 Å². The van der Waals surface area contributed by atoms with Crippen molar-refractivity contribution in [3.05, 3.63) is 69.6 Å². The Labute approximate surface area is 142 Å². The van der Waals surface area contributed by atoms with E-state index in [1.54, 1.807) is 24.2 Å². The number of amides is 1. The Morgan fingerprint density at radius 2 is 2.04 bits per heavy atom. The molecule has 0 aliphatic rings. The number of aromatic nitrogens is 2. The maximum atomic E-state index is 12.8. The molecule has 23 heavy (non-hydrogen) atoms. The summed E-state index contributed by atoms with van der Waals surface area (Å²) in [5, 5.41) is 4.58. The minimum absolute atomic E-state index is 0.108. The average molecular weight is 348 g/mol. The number of aryl methyl sites for hydroxylation is 1. The van der Waals surface area contributed by atoms with Gasteiger partial charge in [-0.1, -0.05) is 28.2 Å². The summed E-state index contributed by atoms with van der Waals surface area (Å²) in [5.74, 6) is 0.617. The van der Waals surface area contributed by atoms with Crippen molar-refractivity contribution in [3.8, 4) is 0 Å². The summed E-state index contributed by atoms with van der Waals surface area (Å²) in [4.78, 5) is 15.1. The summed E-state index contributed by atoms with van der Waals surface area (Å²) >= 11 is 7.03. The molecule has 118 valence electrons. The van der Waals surface area contributed by atoms with Crippen LogP contribution in [-0.2, 0) is 13.1 Å². The highest BCUT2D eigenvalue weighted by molar-refractivity contribution is 7.07. The number of furan rings is 1. The van der Waals surface area contributed by atoms with Crippen LogP contribution in [0.15, 0.2) is 47.1 Å². The van der Waals surface area contributed by atoms with Crippen LogP contribution in [-0.4, -0.2) is 20.4 Å².